The summed E-state index contributed by atoms with van der Waals surface area (Å²) in [5.41, 5.74) is 1.42. The van der Waals surface area contributed by atoms with E-state index in [4.69, 9.17) is 4.74 Å². The van der Waals surface area contributed by atoms with Crippen molar-refractivity contribution < 1.29 is 33.3 Å². The second-order valence-electron chi connectivity index (χ2n) is 10.1. The second kappa shape index (κ2) is 17.8. The van der Waals surface area contributed by atoms with Gasteiger partial charge in [0.05, 0.1) is 23.9 Å². The van der Waals surface area contributed by atoms with Crippen molar-refractivity contribution in [2.45, 2.75) is 65.3 Å². The van der Waals surface area contributed by atoms with Crippen LogP contribution in [0.3, 0.4) is 0 Å². The summed E-state index contributed by atoms with van der Waals surface area (Å²) in [5.74, 6) is -1.69. The molecule has 228 valence electrons. The predicted molar refractivity (Wildman–Crippen MR) is 159 cm³/mol. The molecule has 0 fully saturated rings. The van der Waals surface area contributed by atoms with Gasteiger partial charge in [-0.15, -0.1) is 4.31 Å². The minimum absolute atomic E-state index is 0.0161. The summed E-state index contributed by atoms with van der Waals surface area (Å²) in [4.78, 5) is 62.9. The average Bonchev–Trinajstić information content (AvgIpc) is 2.98. The molecule has 2 rings (SSSR count). The van der Waals surface area contributed by atoms with E-state index in [0.29, 0.717) is 18.3 Å². The number of ether oxygens (including phenoxy) is 1. The molecular weight excluding hydrogens is 560 g/mol. The Balaban J connectivity index is 2.12. The van der Waals surface area contributed by atoms with E-state index in [9.17, 15) is 28.5 Å². The molecule has 0 spiro atoms. The molecule has 12 heteroatoms. The van der Waals surface area contributed by atoms with Gasteiger partial charge >= 0.3 is 6.09 Å². The third-order valence-corrected chi connectivity index (χ3v) is 7.46. The molecule has 0 saturated heterocycles. The first kappa shape index (κ1) is 34.3. The number of hydrogen-bond acceptors (Lipinski definition) is 7. The van der Waals surface area contributed by atoms with Crippen LogP contribution in [0, 0.1) is 5.92 Å². The van der Waals surface area contributed by atoms with Crippen molar-refractivity contribution in [2.75, 3.05) is 12.3 Å². The Morgan fingerprint density at radius 2 is 1.52 bits per heavy atom. The summed E-state index contributed by atoms with van der Waals surface area (Å²) in [6.45, 7) is 6.32. The van der Waals surface area contributed by atoms with Gasteiger partial charge in [0, 0.05) is 6.42 Å². The van der Waals surface area contributed by atoms with Crippen LogP contribution in [-0.2, 0) is 48.3 Å². The van der Waals surface area contributed by atoms with Crippen LogP contribution in [0.1, 0.15) is 45.2 Å². The molecule has 0 aromatic heterocycles. The number of nitrogens with zero attached hydrogens (tertiary/aromatic N) is 1. The van der Waals surface area contributed by atoms with Gasteiger partial charge in [-0.25, -0.2) is 4.79 Å². The van der Waals surface area contributed by atoms with E-state index < -0.39 is 59.8 Å². The fourth-order valence-electron chi connectivity index (χ4n) is 4.00. The first-order valence-corrected chi connectivity index (χ1v) is 15.1. The lowest BCUT2D eigenvalue weighted by molar-refractivity contribution is -0.131. The van der Waals surface area contributed by atoms with Crippen LogP contribution in [-0.4, -0.2) is 69.4 Å². The van der Waals surface area contributed by atoms with Gasteiger partial charge in [-0.3, -0.25) is 14.4 Å². The molecule has 4 amide bonds. The van der Waals surface area contributed by atoms with E-state index in [0.717, 1.165) is 9.87 Å². The van der Waals surface area contributed by atoms with Crippen molar-refractivity contribution in [2.24, 2.45) is 5.92 Å². The maximum Gasteiger partial charge on any atom is 0.452 e. The van der Waals surface area contributed by atoms with Crippen LogP contribution in [0.5, 0.6) is 0 Å². The molecule has 0 aliphatic rings. The standard InChI is InChI=1S/C30H40N4O7S/c1-5-42(40)34(30(39)41-20-24-14-10-7-11-15-24)26(17-23-12-8-6-9-13-23)29(38)31-18-27(36)32-22(4)28(37)33-25(19-35)16-21(2)3/h6-15,19,21-22,25-26H,5,16-18,20H2,1-4H3,(H,31,38)(H,32,36)(H,33,37)/t22-,25-,26-,42?/m0/s1. The van der Waals surface area contributed by atoms with Crippen molar-refractivity contribution in [3.63, 3.8) is 0 Å². The Kier molecular flexibility index (Phi) is 14.5. The van der Waals surface area contributed by atoms with Crippen molar-refractivity contribution in [3.8, 4) is 0 Å². The van der Waals surface area contributed by atoms with Crippen LogP contribution < -0.4 is 16.0 Å². The van der Waals surface area contributed by atoms with E-state index in [2.05, 4.69) is 16.0 Å². The largest absolute Gasteiger partial charge is 0.593 e. The van der Waals surface area contributed by atoms with Crippen molar-refractivity contribution in [3.05, 3.63) is 71.8 Å². The van der Waals surface area contributed by atoms with E-state index in [-0.39, 0.29) is 24.7 Å². The maximum atomic E-state index is 13.4. The zero-order valence-electron chi connectivity index (χ0n) is 24.4. The third-order valence-electron chi connectivity index (χ3n) is 6.12. The van der Waals surface area contributed by atoms with E-state index in [1.165, 1.54) is 6.92 Å². The fraction of sp³-hybridized carbons (Fsp3) is 0.433. The summed E-state index contributed by atoms with van der Waals surface area (Å²) in [7, 11) is 0. The molecule has 3 N–H and O–H groups in total. The lowest BCUT2D eigenvalue weighted by Crippen LogP contribution is -2.55. The molecule has 2 aromatic carbocycles. The average molecular weight is 601 g/mol. The highest BCUT2D eigenvalue weighted by Gasteiger charge is 2.39. The zero-order chi connectivity index (χ0) is 31.1. The van der Waals surface area contributed by atoms with Crippen LogP contribution >= 0.6 is 0 Å². The molecule has 0 heterocycles. The lowest BCUT2D eigenvalue weighted by atomic mass is 10.0. The Morgan fingerprint density at radius 3 is 2.07 bits per heavy atom. The SMILES string of the molecule is CC[S+]([O-])N(C(=O)OCc1ccccc1)[C@@H](Cc1ccccc1)C(=O)NCC(=O)N[C@@H](C)C(=O)N[C@H](C=O)CC(C)C. The topological polar surface area (TPSA) is 157 Å². The first-order chi connectivity index (χ1) is 20.0. The Morgan fingerprint density at radius 1 is 0.929 bits per heavy atom. The summed E-state index contributed by atoms with van der Waals surface area (Å²) in [5, 5.41) is 7.56. The Hall–Kier alpha value is -3.90. The third kappa shape index (κ3) is 11.5. The quantitative estimate of drug-likeness (QED) is 0.197. The number of benzene rings is 2. The molecule has 0 aliphatic carbocycles. The summed E-state index contributed by atoms with van der Waals surface area (Å²) in [6, 6.07) is 14.9. The van der Waals surface area contributed by atoms with Gasteiger partial charge in [-0.05, 0) is 37.3 Å². The van der Waals surface area contributed by atoms with Gasteiger partial charge in [-0.2, -0.15) is 0 Å². The maximum absolute atomic E-state index is 13.4. The first-order valence-electron chi connectivity index (χ1n) is 13.8. The molecule has 2 aromatic rings. The Bertz CT molecular complexity index is 1170. The molecule has 0 radical (unpaired) electrons. The van der Waals surface area contributed by atoms with Crippen molar-refractivity contribution >= 4 is 41.5 Å². The van der Waals surface area contributed by atoms with Gasteiger partial charge in [0.15, 0.2) is 6.04 Å². The summed E-state index contributed by atoms with van der Waals surface area (Å²) >= 11 is -1.90. The molecule has 0 bridgehead atoms. The van der Waals surface area contributed by atoms with Crippen LogP contribution in [0.25, 0.3) is 0 Å². The van der Waals surface area contributed by atoms with Crippen LogP contribution in [0.2, 0.25) is 0 Å². The fourth-order valence-corrected chi connectivity index (χ4v) is 4.95. The number of carbonyl (C=O) groups excluding carboxylic acids is 5. The van der Waals surface area contributed by atoms with Gasteiger partial charge in [0.1, 0.15) is 24.7 Å². The van der Waals surface area contributed by atoms with Gasteiger partial charge in [-0.1, -0.05) is 74.5 Å². The minimum Gasteiger partial charge on any atom is -0.593 e. The van der Waals surface area contributed by atoms with Crippen molar-refractivity contribution in [1.29, 1.82) is 0 Å². The van der Waals surface area contributed by atoms with E-state index in [1.807, 2.05) is 19.9 Å². The van der Waals surface area contributed by atoms with Crippen molar-refractivity contribution in [1.82, 2.24) is 20.3 Å². The normalized spacial score (nSPS) is 13.7. The summed E-state index contributed by atoms with van der Waals surface area (Å²) in [6.07, 6.45) is 0.188. The molecule has 1 unspecified atom stereocenters. The van der Waals surface area contributed by atoms with Gasteiger partial charge in [0.25, 0.3) is 0 Å². The number of amides is 4. The number of nitrogens with one attached hydrogen (secondary N) is 3. The molecule has 11 nitrogen and oxygen atoms in total. The lowest BCUT2D eigenvalue weighted by Gasteiger charge is -2.29. The number of carbonyl (C=O) groups is 5. The predicted octanol–water partition coefficient (Wildman–Crippen LogP) is 2.27. The van der Waals surface area contributed by atoms with E-state index in [1.54, 1.807) is 61.5 Å². The highest BCUT2D eigenvalue weighted by Crippen LogP contribution is 2.17. The highest BCUT2D eigenvalue weighted by molar-refractivity contribution is 7.89. The summed E-state index contributed by atoms with van der Waals surface area (Å²) < 4.78 is 19.4. The van der Waals surface area contributed by atoms with Gasteiger partial charge < -0.3 is 30.0 Å². The monoisotopic (exact) mass is 600 g/mol. The minimum atomic E-state index is -1.90. The smallest absolute Gasteiger partial charge is 0.452 e. The van der Waals surface area contributed by atoms with E-state index >= 15 is 0 Å². The number of aldehydes is 1. The highest BCUT2D eigenvalue weighted by atomic mass is 32.2. The molecule has 0 saturated carbocycles. The Labute approximate surface area is 250 Å². The molecule has 0 aliphatic heterocycles. The van der Waals surface area contributed by atoms with Crippen LogP contribution in [0.15, 0.2) is 60.7 Å². The number of rotatable bonds is 16. The van der Waals surface area contributed by atoms with Gasteiger partial charge in [0.2, 0.25) is 17.7 Å². The number of hydrogen-bond donors (Lipinski definition) is 3. The molecule has 4 atom stereocenters. The second-order valence-corrected chi connectivity index (χ2v) is 11.7. The zero-order valence-corrected chi connectivity index (χ0v) is 25.2. The molecule has 42 heavy (non-hydrogen) atoms. The molecular formula is C30H40N4O7S. The van der Waals surface area contributed by atoms with Crippen LogP contribution in [0.4, 0.5) is 4.79 Å².